The van der Waals surface area contributed by atoms with Gasteiger partial charge in [-0.25, -0.2) is 0 Å². The van der Waals surface area contributed by atoms with E-state index < -0.39 is 0 Å². The molecule has 1 fully saturated rings. The molecule has 0 N–H and O–H groups in total. The molecule has 0 radical (unpaired) electrons. The molecular formula is C15H18O5. The summed E-state index contributed by atoms with van der Waals surface area (Å²) in [6.07, 6.45) is 0.765. The molecule has 5 nitrogen and oxygen atoms in total. The normalized spacial score (nSPS) is 16.1. The number of ether oxygens (including phenoxy) is 3. The van der Waals surface area contributed by atoms with E-state index in [2.05, 4.69) is 0 Å². The van der Waals surface area contributed by atoms with E-state index in [1.54, 1.807) is 13.2 Å². The van der Waals surface area contributed by atoms with Gasteiger partial charge in [-0.1, -0.05) is 6.07 Å². The summed E-state index contributed by atoms with van der Waals surface area (Å²) in [6.45, 7) is 0. The number of methoxy groups -OCH3 is 3. The number of Topliss-reactive ketones (excluding diaryl/α,β-unsaturated/α-hetero) is 2. The first-order chi connectivity index (χ1) is 9.60. The van der Waals surface area contributed by atoms with E-state index in [0.717, 1.165) is 5.56 Å². The highest BCUT2D eigenvalue weighted by molar-refractivity contribution is 6.02. The predicted octanol–water partition coefficient (Wildman–Crippen LogP) is 2.12. The Balaban J connectivity index is 2.45. The van der Waals surface area contributed by atoms with E-state index in [1.165, 1.54) is 14.2 Å². The van der Waals surface area contributed by atoms with Crippen molar-refractivity contribution in [3.8, 4) is 17.2 Å². The van der Waals surface area contributed by atoms with Gasteiger partial charge in [0.15, 0.2) is 11.5 Å². The van der Waals surface area contributed by atoms with Gasteiger partial charge in [-0.3, -0.25) is 9.59 Å². The summed E-state index contributed by atoms with van der Waals surface area (Å²) in [5.41, 5.74) is 0.812. The molecule has 0 spiro atoms. The van der Waals surface area contributed by atoms with Gasteiger partial charge in [-0.15, -0.1) is 0 Å². The average Bonchev–Trinajstić information content (AvgIpc) is 2.44. The van der Waals surface area contributed by atoms with E-state index in [9.17, 15) is 9.59 Å². The van der Waals surface area contributed by atoms with Crippen molar-refractivity contribution in [1.29, 1.82) is 0 Å². The van der Waals surface area contributed by atoms with Gasteiger partial charge in [-0.2, -0.15) is 0 Å². The van der Waals surface area contributed by atoms with Crippen molar-refractivity contribution in [3.05, 3.63) is 17.7 Å². The third kappa shape index (κ3) is 2.61. The molecule has 1 aliphatic carbocycles. The van der Waals surface area contributed by atoms with Crippen molar-refractivity contribution in [2.45, 2.75) is 25.2 Å². The number of rotatable bonds is 4. The summed E-state index contributed by atoms with van der Waals surface area (Å²) in [6, 6.07) is 3.59. The second kappa shape index (κ2) is 5.94. The fourth-order valence-corrected chi connectivity index (χ4v) is 2.65. The van der Waals surface area contributed by atoms with Gasteiger partial charge in [0.1, 0.15) is 11.6 Å². The Morgan fingerprint density at radius 2 is 1.50 bits per heavy atom. The molecule has 0 atom stereocenters. The molecule has 5 heteroatoms. The largest absolute Gasteiger partial charge is 0.493 e. The zero-order chi connectivity index (χ0) is 14.7. The van der Waals surface area contributed by atoms with E-state index in [-0.39, 0.29) is 23.9 Å². The second-order valence-electron chi connectivity index (χ2n) is 4.78. The standard InChI is InChI=1S/C15H18O5/c1-18-13-5-4-12(14(19-2)15(13)20-3)9-6-10(16)8-11(17)7-9/h4-5,9H,6-8H2,1-3H3. The molecule has 0 amide bonds. The van der Waals surface area contributed by atoms with Gasteiger partial charge in [0.2, 0.25) is 5.75 Å². The molecule has 2 rings (SSSR count). The fourth-order valence-electron chi connectivity index (χ4n) is 2.65. The second-order valence-corrected chi connectivity index (χ2v) is 4.78. The minimum Gasteiger partial charge on any atom is -0.493 e. The van der Waals surface area contributed by atoms with Crippen LogP contribution in [0.2, 0.25) is 0 Å². The molecule has 0 heterocycles. The van der Waals surface area contributed by atoms with Crippen LogP contribution < -0.4 is 14.2 Å². The summed E-state index contributed by atoms with van der Waals surface area (Å²) < 4.78 is 16.0. The van der Waals surface area contributed by atoms with Gasteiger partial charge in [-0.05, 0) is 6.07 Å². The van der Waals surface area contributed by atoms with E-state index >= 15 is 0 Å². The average molecular weight is 278 g/mol. The summed E-state index contributed by atoms with van der Waals surface area (Å²) >= 11 is 0. The third-order valence-electron chi connectivity index (χ3n) is 3.52. The van der Waals surface area contributed by atoms with Crippen molar-refractivity contribution in [3.63, 3.8) is 0 Å². The fraction of sp³-hybridized carbons (Fsp3) is 0.467. The van der Waals surface area contributed by atoms with Crippen LogP contribution in [0.5, 0.6) is 17.2 Å². The molecule has 0 unspecified atom stereocenters. The zero-order valence-corrected chi connectivity index (χ0v) is 11.9. The summed E-state index contributed by atoms with van der Waals surface area (Å²) in [7, 11) is 4.61. The molecule has 1 aliphatic rings. The first kappa shape index (κ1) is 14.4. The molecule has 0 aromatic heterocycles. The Labute approximate surface area is 117 Å². The molecule has 108 valence electrons. The summed E-state index contributed by atoms with van der Waals surface area (Å²) in [4.78, 5) is 23.2. The van der Waals surface area contributed by atoms with E-state index in [4.69, 9.17) is 14.2 Å². The highest BCUT2D eigenvalue weighted by Crippen LogP contribution is 2.45. The lowest BCUT2D eigenvalue weighted by atomic mass is 9.82. The molecule has 1 aromatic rings. The van der Waals surface area contributed by atoms with Crippen molar-refractivity contribution in [1.82, 2.24) is 0 Å². The highest BCUT2D eigenvalue weighted by Gasteiger charge is 2.30. The monoisotopic (exact) mass is 278 g/mol. The molecule has 1 aromatic carbocycles. The summed E-state index contributed by atoms with van der Waals surface area (Å²) in [5.74, 6) is 1.36. The first-order valence-electron chi connectivity index (χ1n) is 6.43. The molecule has 0 bridgehead atoms. The van der Waals surface area contributed by atoms with Crippen LogP contribution in [0.15, 0.2) is 12.1 Å². The van der Waals surface area contributed by atoms with Crippen molar-refractivity contribution in [2.24, 2.45) is 0 Å². The number of carbonyl (C=O) groups is 2. The quantitative estimate of drug-likeness (QED) is 0.789. The van der Waals surface area contributed by atoms with Crippen molar-refractivity contribution < 1.29 is 23.8 Å². The molecule has 0 saturated heterocycles. The molecular weight excluding hydrogens is 260 g/mol. The number of carbonyl (C=O) groups excluding carboxylic acids is 2. The summed E-state index contributed by atoms with van der Waals surface area (Å²) in [5, 5.41) is 0. The van der Waals surface area contributed by atoms with Crippen molar-refractivity contribution >= 4 is 11.6 Å². The minimum absolute atomic E-state index is 0.0249. The van der Waals surface area contributed by atoms with Crippen LogP contribution in [0.3, 0.4) is 0 Å². The maximum absolute atomic E-state index is 11.6. The Bertz CT molecular complexity index is 519. The lowest BCUT2D eigenvalue weighted by molar-refractivity contribution is -0.130. The highest BCUT2D eigenvalue weighted by atomic mass is 16.5. The maximum Gasteiger partial charge on any atom is 0.203 e. The molecule has 0 aliphatic heterocycles. The van der Waals surface area contributed by atoms with Gasteiger partial charge in [0.25, 0.3) is 0 Å². The van der Waals surface area contributed by atoms with Crippen LogP contribution in [0, 0.1) is 0 Å². The Morgan fingerprint density at radius 1 is 0.900 bits per heavy atom. The topological polar surface area (TPSA) is 61.8 Å². The van der Waals surface area contributed by atoms with Crippen LogP contribution in [0.1, 0.15) is 30.7 Å². The van der Waals surface area contributed by atoms with Gasteiger partial charge >= 0.3 is 0 Å². The van der Waals surface area contributed by atoms with Crippen LogP contribution in [0.4, 0.5) is 0 Å². The van der Waals surface area contributed by atoms with Crippen molar-refractivity contribution in [2.75, 3.05) is 21.3 Å². The smallest absolute Gasteiger partial charge is 0.203 e. The Kier molecular flexibility index (Phi) is 4.27. The Morgan fingerprint density at radius 3 is 2.00 bits per heavy atom. The number of benzene rings is 1. The van der Waals surface area contributed by atoms with Crippen LogP contribution >= 0.6 is 0 Å². The molecule has 1 saturated carbocycles. The lowest BCUT2D eigenvalue weighted by Crippen LogP contribution is -2.21. The predicted molar refractivity (Wildman–Crippen MR) is 72.7 cm³/mol. The van der Waals surface area contributed by atoms with Gasteiger partial charge in [0, 0.05) is 24.3 Å². The number of ketones is 2. The van der Waals surface area contributed by atoms with Gasteiger partial charge < -0.3 is 14.2 Å². The number of hydrogen-bond donors (Lipinski definition) is 0. The lowest BCUT2D eigenvalue weighted by Gasteiger charge is -2.24. The maximum atomic E-state index is 11.6. The van der Waals surface area contributed by atoms with E-state index in [0.29, 0.717) is 30.1 Å². The zero-order valence-electron chi connectivity index (χ0n) is 11.9. The SMILES string of the molecule is COc1ccc(C2CC(=O)CC(=O)C2)c(OC)c1OC. The van der Waals surface area contributed by atoms with Crippen LogP contribution in [-0.2, 0) is 9.59 Å². The van der Waals surface area contributed by atoms with Crippen LogP contribution in [-0.4, -0.2) is 32.9 Å². The van der Waals surface area contributed by atoms with Gasteiger partial charge in [0.05, 0.1) is 27.8 Å². The van der Waals surface area contributed by atoms with Crippen LogP contribution in [0.25, 0.3) is 0 Å². The number of hydrogen-bond acceptors (Lipinski definition) is 5. The third-order valence-corrected chi connectivity index (χ3v) is 3.52. The molecule has 20 heavy (non-hydrogen) atoms. The first-order valence-corrected chi connectivity index (χ1v) is 6.43. The Hall–Kier alpha value is -2.04. The van der Waals surface area contributed by atoms with E-state index in [1.807, 2.05) is 6.07 Å². The minimum atomic E-state index is -0.154.